The van der Waals surface area contributed by atoms with Crippen LogP contribution in [0, 0.1) is 13.8 Å². The lowest BCUT2D eigenvalue weighted by Gasteiger charge is -2.45. The quantitative estimate of drug-likeness (QED) is 0.426. The van der Waals surface area contributed by atoms with Gasteiger partial charge in [0, 0.05) is 36.5 Å². The summed E-state index contributed by atoms with van der Waals surface area (Å²) >= 11 is 0. The number of ether oxygens (including phenoxy) is 4. The Morgan fingerprint density at radius 2 is 1.07 bits per heavy atom. The van der Waals surface area contributed by atoms with Gasteiger partial charge in [0.2, 0.25) is 0 Å². The van der Waals surface area contributed by atoms with E-state index < -0.39 is 58.7 Å². The number of aliphatic hydroxyl groups excluding tert-OH is 2. The zero-order valence-electron chi connectivity index (χ0n) is 24.3. The molecule has 2 aromatic carbocycles. The number of phenolic OH excluding ortho intramolecular Hbond substituents is 2. The Morgan fingerprint density at radius 3 is 1.40 bits per heavy atom. The van der Waals surface area contributed by atoms with E-state index in [0.717, 1.165) is 0 Å². The number of carbonyl (C=O) groups is 2. The van der Waals surface area contributed by atoms with Crippen molar-refractivity contribution < 1.29 is 49.0 Å². The number of Topliss-reactive ketones (excluding diaryl/α,β-unsaturated/α-hetero) is 2. The number of phenols is 2. The number of hydrogen-bond donors (Lipinski definition) is 4. The molecule has 2 aromatic rings. The summed E-state index contributed by atoms with van der Waals surface area (Å²) < 4.78 is 23.2. The lowest BCUT2D eigenvalue weighted by Crippen LogP contribution is -2.58. The Labute approximate surface area is 242 Å². The second kappa shape index (κ2) is 9.40. The number of aromatic hydroxyl groups is 2. The molecular weight excluding hydrogens is 544 g/mol. The minimum absolute atomic E-state index is 0.0912. The average molecular weight is 579 g/mol. The molecule has 0 saturated carbocycles. The largest absolute Gasteiger partial charge is 0.506 e. The van der Waals surface area contributed by atoms with Gasteiger partial charge in [-0.2, -0.15) is 0 Å². The molecule has 0 unspecified atom stereocenters. The summed E-state index contributed by atoms with van der Waals surface area (Å²) in [6.07, 6.45) is 0.482. The first-order valence-corrected chi connectivity index (χ1v) is 13.8. The van der Waals surface area contributed by atoms with E-state index in [-0.39, 0.29) is 57.7 Å². The number of aryl methyl sites for hydroxylation is 2. The van der Waals surface area contributed by atoms with Gasteiger partial charge >= 0.3 is 0 Å². The van der Waals surface area contributed by atoms with Crippen molar-refractivity contribution in [3.63, 3.8) is 0 Å². The molecule has 0 aromatic heterocycles. The van der Waals surface area contributed by atoms with E-state index in [2.05, 4.69) is 0 Å². The molecule has 2 aliphatic carbocycles. The van der Waals surface area contributed by atoms with Crippen LogP contribution in [0.2, 0.25) is 0 Å². The summed E-state index contributed by atoms with van der Waals surface area (Å²) in [4.78, 5) is 27.6. The minimum atomic E-state index is -1.39. The molecule has 2 aliphatic heterocycles. The fourth-order valence-electron chi connectivity index (χ4n) is 6.97. The molecule has 0 bridgehead atoms. The number of hydrogen-bond acceptors (Lipinski definition) is 10. The van der Waals surface area contributed by atoms with Gasteiger partial charge in [-0.25, -0.2) is 0 Å². The summed E-state index contributed by atoms with van der Waals surface area (Å²) in [6, 6.07) is 3.15. The van der Waals surface area contributed by atoms with Gasteiger partial charge in [-0.1, -0.05) is 12.2 Å². The molecule has 6 rings (SSSR count). The van der Waals surface area contributed by atoms with Gasteiger partial charge in [0.05, 0.1) is 12.2 Å². The molecule has 10 nitrogen and oxygen atoms in total. The number of fused-ring (bicyclic) bond motifs is 4. The van der Waals surface area contributed by atoms with Gasteiger partial charge in [-0.05, 0) is 63.8 Å². The van der Waals surface area contributed by atoms with E-state index in [4.69, 9.17) is 18.9 Å². The number of rotatable bonds is 3. The highest BCUT2D eigenvalue weighted by atomic mass is 16.5. The molecule has 4 N–H and O–H groups in total. The van der Waals surface area contributed by atoms with E-state index in [1.165, 1.54) is 14.2 Å². The number of benzene rings is 2. The molecule has 0 saturated heterocycles. The number of methoxy groups -OCH3 is 2. The first kappa shape index (κ1) is 28.4. The highest BCUT2D eigenvalue weighted by Crippen LogP contribution is 2.54. The molecule has 0 spiro atoms. The monoisotopic (exact) mass is 578 g/mol. The van der Waals surface area contributed by atoms with Gasteiger partial charge in [0.1, 0.15) is 46.3 Å². The van der Waals surface area contributed by atoms with Crippen molar-refractivity contribution in [2.24, 2.45) is 0 Å². The lowest BCUT2D eigenvalue weighted by atomic mass is 9.74. The molecular formula is C32H34O10. The van der Waals surface area contributed by atoms with E-state index >= 15 is 0 Å². The van der Waals surface area contributed by atoms with Crippen LogP contribution in [0.1, 0.15) is 58.5 Å². The summed E-state index contributed by atoms with van der Waals surface area (Å²) in [5, 5.41) is 45.2. The zero-order valence-corrected chi connectivity index (χ0v) is 24.3. The maximum Gasteiger partial charge on any atom is 0.200 e. The SMILES string of the molecule is CO[C@H]1CC=C2C(=O)c3c(cc(C)c(-c4c(C)cc5c(c4O)C(=O)C4=CC[C@H](OC)[C@@H](O)[C@]4(C)O5)c3O)O[C@@]2(C)[C@@H]1O. The minimum Gasteiger partial charge on any atom is -0.506 e. The third kappa shape index (κ3) is 3.59. The highest BCUT2D eigenvalue weighted by molar-refractivity contribution is 6.18. The van der Waals surface area contributed by atoms with Gasteiger partial charge in [0.15, 0.2) is 22.8 Å². The van der Waals surface area contributed by atoms with E-state index in [9.17, 15) is 30.0 Å². The topological polar surface area (TPSA) is 152 Å². The molecule has 42 heavy (non-hydrogen) atoms. The van der Waals surface area contributed by atoms with Crippen LogP contribution >= 0.6 is 0 Å². The number of aliphatic hydroxyl groups is 2. The molecule has 10 heteroatoms. The van der Waals surface area contributed by atoms with E-state index in [1.807, 2.05) is 0 Å². The fourth-order valence-corrected chi connectivity index (χ4v) is 6.97. The van der Waals surface area contributed by atoms with Crippen LogP contribution in [-0.4, -0.2) is 81.8 Å². The first-order chi connectivity index (χ1) is 19.8. The highest BCUT2D eigenvalue weighted by Gasteiger charge is 2.54. The van der Waals surface area contributed by atoms with Gasteiger partial charge in [-0.15, -0.1) is 0 Å². The van der Waals surface area contributed by atoms with Crippen molar-refractivity contribution in [2.45, 2.75) is 76.2 Å². The van der Waals surface area contributed by atoms with Crippen LogP contribution < -0.4 is 9.47 Å². The van der Waals surface area contributed by atoms with Crippen molar-refractivity contribution in [3.8, 4) is 34.1 Å². The average Bonchev–Trinajstić information content (AvgIpc) is 2.92. The molecule has 222 valence electrons. The van der Waals surface area contributed by atoms with Crippen molar-refractivity contribution in [2.75, 3.05) is 14.2 Å². The first-order valence-electron chi connectivity index (χ1n) is 13.8. The predicted octanol–water partition coefficient (Wildman–Crippen LogP) is 3.46. The van der Waals surface area contributed by atoms with Crippen molar-refractivity contribution in [1.82, 2.24) is 0 Å². The van der Waals surface area contributed by atoms with Crippen LogP contribution in [0.25, 0.3) is 11.1 Å². The van der Waals surface area contributed by atoms with Gasteiger partial charge in [-0.3, -0.25) is 9.59 Å². The summed E-state index contributed by atoms with van der Waals surface area (Å²) in [6.45, 7) is 6.59. The maximum atomic E-state index is 13.8. The molecule has 4 aliphatic rings. The third-order valence-corrected chi connectivity index (χ3v) is 9.38. The Balaban J connectivity index is 1.51. The number of ketones is 2. The smallest absolute Gasteiger partial charge is 0.200 e. The second-order valence-corrected chi connectivity index (χ2v) is 11.8. The van der Waals surface area contributed by atoms with Crippen molar-refractivity contribution in [1.29, 1.82) is 0 Å². The Bertz CT molecular complexity index is 1500. The maximum absolute atomic E-state index is 13.8. The molecule has 2 heterocycles. The van der Waals surface area contributed by atoms with Crippen molar-refractivity contribution in [3.05, 3.63) is 57.7 Å². The van der Waals surface area contributed by atoms with Crippen LogP contribution in [-0.2, 0) is 9.47 Å². The van der Waals surface area contributed by atoms with Crippen LogP contribution in [0.4, 0.5) is 0 Å². The van der Waals surface area contributed by atoms with Crippen LogP contribution in [0.5, 0.6) is 23.0 Å². The molecule has 0 fully saturated rings. The summed E-state index contributed by atoms with van der Waals surface area (Å²) in [5.41, 5.74) is -1.31. The van der Waals surface area contributed by atoms with Gasteiger partial charge < -0.3 is 39.4 Å². The Hall–Kier alpha value is -3.70. The summed E-state index contributed by atoms with van der Waals surface area (Å²) in [7, 11) is 2.95. The number of carbonyl (C=O) groups excluding carboxylic acids is 2. The Morgan fingerprint density at radius 1 is 0.714 bits per heavy atom. The molecule has 0 radical (unpaired) electrons. The zero-order chi connectivity index (χ0) is 30.5. The van der Waals surface area contributed by atoms with Crippen LogP contribution in [0.3, 0.4) is 0 Å². The van der Waals surface area contributed by atoms with Crippen molar-refractivity contribution >= 4 is 11.6 Å². The van der Waals surface area contributed by atoms with Gasteiger partial charge in [0.25, 0.3) is 0 Å². The molecule has 0 amide bonds. The van der Waals surface area contributed by atoms with Crippen LogP contribution in [0.15, 0.2) is 35.4 Å². The fraction of sp³-hybridized carbons (Fsp3) is 0.438. The molecule has 6 atom stereocenters. The summed E-state index contributed by atoms with van der Waals surface area (Å²) in [5.74, 6) is -1.66. The van der Waals surface area contributed by atoms with E-state index in [1.54, 1.807) is 52.0 Å². The lowest BCUT2D eigenvalue weighted by molar-refractivity contribution is -0.103. The Kier molecular flexibility index (Phi) is 6.36. The second-order valence-electron chi connectivity index (χ2n) is 11.8. The normalized spacial score (nSPS) is 31.5. The predicted molar refractivity (Wildman–Crippen MR) is 150 cm³/mol. The third-order valence-electron chi connectivity index (χ3n) is 9.38. The standard InChI is InChI=1S/C32H34O10/c1-13-11-19-23(25(33)15-7-9-17(39-5)29(37)31(15,3)41-19)27(35)21(13)22-14(2)12-20-24(28(22)36)26(34)16-8-10-18(40-6)30(38)32(16,4)42-20/h7-8,11-12,17-18,29-30,35-38H,9-10H2,1-6H3/t17-,18-,29+,30+,31+,32+/m0/s1. The van der Waals surface area contributed by atoms with E-state index in [0.29, 0.717) is 11.1 Å².